The average molecular weight is 281 g/mol. The smallest absolute Gasteiger partial charge is 0.317 e. The third-order valence-electron chi connectivity index (χ3n) is 3.86. The van der Waals surface area contributed by atoms with E-state index >= 15 is 0 Å². The first-order valence-electron chi connectivity index (χ1n) is 7.06. The fourth-order valence-electron chi connectivity index (χ4n) is 2.63. The Hall–Kier alpha value is -1.47. The number of hydrogen-bond acceptors (Lipinski definition) is 5. The second-order valence-electron chi connectivity index (χ2n) is 5.49. The van der Waals surface area contributed by atoms with Crippen LogP contribution in [0.3, 0.4) is 0 Å². The summed E-state index contributed by atoms with van der Waals surface area (Å²) in [5.74, 6) is 1.63. The van der Waals surface area contributed by atoms with Gasteiger partial charge in [0.2, 0.25) is 0 Å². The van der Waals surface area contributed by atoms with Crippen LogP contribution in [0.1, 0.15) is 24.5 Å². The van der Waals surface area contributed by atoms with Crippen LogP contribution in [0.4, 0.5) is 0 Å². The fraction of sp³-hybridized carbons (Fsp3) is 0.769. The zero-order chi connectivity index (χ0) is 14.5. The van der Waals surface area contributed by atoms with Crippen LogP contribution in [0.5, 0.6) is 0 Å². The molecule has 1 saturated heterocycles. The zero-order valence-electron chi connectivity index (χ0n) is 12.2. The number of piperidine rings is 1. The SMILES string of the molecule is Cc1nnc(CN2CCCC(CNCC(=O)O)C2)n1C. The van der Waals surface area contributed by atoms with Gasteiger partial charge >= 0.3 is 5.97 Å². The number of likely N-dealkylation sites (tertiary alicyclic amines) is 1. The number of nitrogens with one attached hydrogen (secondary N) is 1. The van der Waals surface area contributed by atoms with Gasteiger partial charge in [-0.15, -0.1) is 10.2 Å². The van der Waals surface area contributed by atoms with Crippen LogP contribution in [-0.4, -0.2) is 56.9 Å². The summed E-state index contributed by atoms with van der Waals surface area (Å²) < 4.78 is 2.02. The molecule has 1 fully saturated rings. The van der Waals surface area contributed by atoms with Crippen molar-refractivity contribution in [3.8, 4) is 0 Å². The van der Waals surface area contributed by atoms with E-state index in [1.807, 2.05) is 18.5 Å². The zero-order valence-corrected chi connectivity index (χ0v) is 12.2. The van der Waals surface area contributed by atoms with Crippen LogP contribution in [0.25, 0.3) is 0 Å². The number of aryl methyl sites for hydroxylation is 1. The van der Waals surface area contributed by atoms with E-state index < -0.39 is 5.97 Å². The lowest BCUT2D eigenvalue weighted by Crippen LogP contribution is -2.40. The summed E-state index contributed by atoms with van der Waals surface area (Å²) in [5, 5.41) is 19.9. The Morgan fingerprint density at radius 2 is 2.30 bits per heavy atom. The minimum atomic E-state index is -0.799. The van der Waals surface area contributed by atoms with Crippen molar-refractivity contribution in [2.75, 3.05) is 26.2 Å². The first-order chi connectivity index (χ1) is 9.56. The van der Waals surface area contributed by atoms with Gasteiger partial charge in [0, 0.05) is 13.6 Å². The van der Waals surface area contributed by atoms with Crippen LogP contribution in [0.15, 0.2) is 0 Å². The van der Waals surface area contributed by atoms with Gasteiger partial charge in [0.1, 0.15) is 11.6 Å². The monoisotopic (exact) mass is 281 g/mol. The molecule has 112 valence electrons. The molecule has 0 saturated carbocycles. The van der Waals surface area contributed by atoms with Gasteiger partial charge in [0.25, 0.3) is 0 Å². The van der Waals surface area contributed by atoms with Crippen molar-refractivity contribution in [3.63, 3.8) is 0 Å². The minimum absolute atomic E-state index is 0.0407. The van der Waals surface area contributed by atoms with Gasteiger partial charge in [-0.2, -0.15) is 0 Å². The predicted molar refractivity (Wildman–Crippen MR) is 74.2 cm³/mol. The third-order valence-corrected chi connectivity index (χ3v) is 3.86. The van der Waals surface area contributed by atoms with Gasteiger partial charge in [-0.1, -0.05) is 0 Å². The number of hydrogen-bond donors (Lipinski definition) is 2. The normalized spacial score (nSPS) is 20.2. The number of carbonyl (C=O) groups is 1. The van der Waals surface area contributed by atoms with Crippen molar-refractivity contribution in [2.45, 2.75) is 26.3 Å². The Bertz CT molecular complexity index is 460. The Labute approximate surface area is 119 Å². The Kier molecular flexibility index (Phi) is 5.08. The van der Waals surface area contributed by atoms with E-state index in [-0.39, 0.29) is 6.54 Å². The first-order valence-corrected chi connectivity index (χ1v) is 7.06. The second kappa shape index (κ2) is 6.81. The standard InChI is InChI=1S/C13H23N5O2/c1-10-15-16-12(17(10)2)9-18-5-3-4-11(8-18)6-14-7-13(19)20/h11,14H,3-9H2,1-2H3,(H,19,20). The number of carboxylic acid groups (broad SMARTS) is 1. The molecule has 0 radical (unpaired) electrons. The maximum absolute atomic E-state index is 10.5. The molecular weight excluding hydrogens is 258 g/mol. The highest BCUT2D eigenvalue weighted by molar-refractivity contribution is 5.68. The van der Waals surface area contributed by atoms with Crippen LogP contribution in [0.2, 0.25) is 0 Å². The molecule has 0 spiro atoms. The van der Waals surface area contributed by atoms with Gasteiger partial charge in [0.15, 0.2) is 0 Å². The molecule has 0 aliphatic carbocycles. The quantitative estimate of drug-likeness (QED) is 0.764. The molecule has 0 aromatic carbocycles. The highest BCUT2D eigenvalue weighted by Gasteiger charge is 2.21. The second-order valence-corrected chi connectivity index (χ2v) is 5.49. The lowest BCUT2D eigenvalue weighted by Gasteiger charge is -2.32. The maximum atomic E-state index is 10.5. The van der Waals surface area contributed by atoms with E-state index in [4.69, 9.17) is 5.11 Å². The number of carboxylic acids is 1. The van der Waals surface area contributed by atoms with Crippen LogP contribution < -0.4 is 5.32 Å². The summed E-state index contributed by atoms with van der Waals surface area (Å²) >= 11 is 0. The molecule has 1 aromatic heterocycles. The first kappa shape index (κ1) is 14.9. The van der Waals surface area contributed by atoms with E-state index in [0.717, 1.165) is 50.7 Å². The molecular formula is C13H23N5O2. The van der Waals surface area contributed by atoms with Crippen molar-refractivity contribution in [1.29, 1.82) is 0 Å². The Morgan fingerprint density at radius 3 is 2.95 bits per heavy atom. The molecule has 1 unspecified atom stereocenters. The van der Waals surface area contributed by atoms with Gasteiger partial charge in [0.05, 0.1) is 13.1 Å². The van der Waals surface area contributed by atoms with Crippen LogP contribution in [0, 0.1) is 12.8 Å². The van der Waals surface area contributed by atoms with Crippen molar-refractivity contribution >= 4 is 5.97 Å². The van der Waals surface area contributed by atoms with E-state index in [2.05, 4.69) is 20.4 Å². The van der Waals surface area contributed by atoms with E-state index in [1.165, 1.54) is 0 Å². The summed E-state index contributed by atoms with van der Waals surface area (Å²) in [5.41, 5.74) is 0. The fourth-order valence-corrected chi connectivity index (χ4v) is 2.63. The van der Waals surface area contributed by atoms with Crippen molar-refractivity contribution in [2.24, 2.45) is 13.0 Å². The van der Waals surface area contributed by atoms with E-state index in [1.54, 1.807) is 0 Å². The minimum Gasteiger partial charge on any atom is -0.480 e. The summed E-state index contributed by atoms with van der Waals surface area (Å²) in [6, 6.07) is 0. The summed E-state index contributed by atoms with van der Waals surface area (Å²) in [4.78, 5) is 12.9. The highest BCUT2D eigenvalue weighted by Crippen LogP contribution is 2.17. The molecule has 1 aliphatic heterocycles. The largest absolute Gasteiger partial charge is 0.480 e. The lowest BCUT2D eigenvalue weighted by molar-refractivity contribution is -0.136. The molecule has 0 amide bonds. The van der Waals surface area contributed by atoms with E-state index in [9.17, 15) is 4.79 Å². The summed E-state index contributed by atoms with van der Waals surface area (Å²) in [7, 11) is 1.99. The number of nitrogens with zero attached hydrogens (tertiary/aromatic N) is 4. The Balaban J connectivity index is 1.81. The summed E-state index contributed by atoms with van der Waals surface area (Å²) in [6.45, 7) is 5.62. The van der Waals surface area contributed by atoms with Crippen LogP contribution in [-0.2, 0) is 18.4 Å². The van der Waals surface area contributed by atoms with Crippen LogP contribution >= 0.6 is 0 Å². The third kappa shape index (κ3) is 4.01. The van der Waals surface area contributed by atoms with Crippen molar-refractivity contribution in [3.05, 3.63) is 11.6 Å². The molecule has 1 aliphatic rings. The molecule has 0 bridgehead atoms. The molecule has 2 heterocycles. The van der Waals surface area contributed by atoms with Crippen molar-refractivity contribution < 1.29 is 9.90 Å². The molecule has 2 rings (SSSR count). The predicted octanol–water partition coefficient (Wildman–Crippen LogP) is 0.00972. The lowest BCUT2D eigenvalue weighted by atomic mass is 9.98. The molecule has 7 nitrogen and oxygen atoms in total. The molecule has 20 heavy (non-hydrogen) atoms. The molecule has 1 aromatic rings. The molecule has 2 N–H and O–H groups in total. The van der Waals surface area contributed by atoms with Gasteiger partial charge in [-0.25, -0.2) is 0 Å². The number of aliphatic carboxylic acids is 1. The Morgan fingerprint density at radius 1 is 1.50 bits per heavy atom. The number of rotatable bonds is 6. The van der Waals surface area contributed by atoms with Gasteiger partial charge in [-0.05, 0) is 38.8 Å². The van der Waals surface area contributed by atoms with E-state index in [0.29, 0.717) is 5.92 Å². The highest BCUT2D eigenvalue weighted by atomic mass is 16.4. The average Bonchev–Trinajstić information content (AvgIpc) is 2.71. The van der Waals surface area contributed by atoms with Crippen molar-refractivity contribution in [1.82, 2.24) is 25.0 Å². The summed E-state index contributed by atoms with van der Waals surface area (Å²) in [6.07, 6.45) is 2.30. The number of aromatic nitrogens is 3. The van der Waals surface area contributed by atoms with Gasteiger partial charge in [-0.3, -0.25) is 9.69 Å². The molecule has 7 heteroatoms. The topological polar surface area (TPSA) is 83.3 Å². The molecule has 1 atom stereocenters. The maximum Gasteiger partial charge on any atom is 0.317 e. The van der Waals surface area contributed by atoms with Gasteiger partial charge < -0.3 is 15.0 Å².